The zero-order valence-electron chi connectivity index (χ0n) is 11.2. The fourth-order valence-corrected chi connectivity index (χ4v) is 3.60. The minimum atomic E-state index is -3.60. The smallest absolute Gasteiger partial charge is 0.236 e. The zero-order chi connectivity index (χ0) is 15.3. The maximum atomic E-state index is 13.1. The van der Waals surface area contributed by atoms with Gasteiger partial charge in [0.05, 0.1) is 16.0 Å². The largest absolute Gasteiger partial charge is 0.315 e. The molecule has 0 aliphatic heterocycles. The van der Waals surface area contributed by atoms with Gasteiger partial charge in [0.2, 0.25) is 10.0 Å². The van der Waals surface area contributed by atoms with E-state index >= 15 is 0 Å². The van der Waals surface area contributed by atoms with Crippen molar-refractivity contribution in [3.05, 3.63) is 27.4 Å². The Labute approximate surface area is 132 Å². The third-order valence-electron chi connectivity index (χ3n) is 2.64. The average Bonchev–Trinajstić information content (AvgIpc) is 2.34. The number of hydrogen-bond acceptors (Lipinski definition) is 3. The Hall–Kier alpha value is -0.370. The number of nitrogens with one attached hydrogen (secondary N) is 2. The molecule has 1 atom stereocenters. The second-order valence-corrected chi connectivity index (χ2v) is 7.77. The van der Waals surface area contributed by atoms with Crippen molar-refractivity contribution < 1.29 is 12.8 Å². The van der Waals surface area contributed by atoms with Crippen LogP contribution in [0.1, 0.15) is 20.3 Å². The van der Waals surface area contributed by atoms with Gasteiger partial charge in [-0.25, -0.2) is 12.8 Å². The van der Waals surface area contributed by atoms with E-state index in [0.717, 1.165) is 25.1 Å². The van der Waals surface area contributed by atoms with Crippen LogP contribution in [0, 0.1) is 5.82 Å². The molecular weight excluding hydrogens is 371 g/mol. The molecule has 8 heteroatoms. The lowest BCUT2D eigenvalue weighted by atomic mass is 10.3. The fraction of sp³-hybridized carbons (Fsp3) is 0.500. The topological polar surface area (TPSA) is 58.2 Å². The van der Waals surface area contributed by atoms with Crippen LogP contribution in [-0.2, 0) is 10.0 Å². The number of hydrogen-bond donors (Lipinski definition) is 2. The summed E-state index contributed by atoms with van der Waals surface area (Å²) < 4.78 is 40.1. The average molecular weight is 388 g/mol. The second kappa shape index (κ2) is 7.59. The summed E-state index contributed by atoms with van der Waals surface area (Å²) in [4.78, 5) is 0. The maximum absolute atomic E-state index is 13.1. The monoisotopic (exact) mass is 386 g/mol. The van der Waals surface area contributed by atoms with Crippen LogP contribution in [0.25, 0.3) is 0 Å². The highest BCUT2D eigenvalue weighted by molar-refractivity contribution is 9.10. The van der Waals surface area contributed by atoms with Crippen molar-refractivity contribution in [3.8, 4) is 0 Å². The first-order valence-electron chi connectivity index (χ1n) is 6.14. The molecule has 0 bridgehead atoms. The molecule has 4 nitrogen and oxygen atoms in total. The molecule has 0 spiro atoms. The van der Waals surface area contributed by atoms with E-state index in [0.29, 0.717) is 6.54 Å². The number of sulfonamides is 1. The standard InChI is InChI=1S/C12H17BrClFN2O2S/c1-3-4-16-7-8(2)20(18,19)17-12-10(13)5-9(15)6-11(12)14/h5-6,8,16-17H,3-4,7H2,1-2H3. The first-order valence-corrected chi connectivity index (χ1v) is 8.86. The molecule has 1 rings (SSSR count). The van der Waals surface area contributed by atoms with Crippen LogP contribution in [-0.4, -0.2) is 26.8 Å². The molecule has 0 saturated heterocycles. The van der Waals surface area contributed by atoms with Gasteiger partial charge >= 0.3 is 0 Å². The van der Waals surface area contributed by atoms with Gasteiger partial charge in [0, 0.05) is 11.0 Å². The normalized spacial score (nSPS) is 13.2. The predicted octanol–water partition coefficient (Wildman–Crippen LogP) is 3.37. The Balaban J connectivity index is 2.86. The van der Waals surface area contributed by atoms with Gasteiger partial charge in [-0.1, -0.05) is 18.5 Å². The number of rotatable bonds is 7. The molecule has 2 N–H and O–H groups in total. The highest BCUT2D eigenvalue weighted by Gasteiger charge is 2.22. The lowest BCUT2D eigenvalue weighted by molar-refractivity contribution is 0.575. The molecule has 0 aliphatic carbocycles. The highest BCUT2D eigenvalue weighted by atomic mass is 79.9. The van der Waals surface area contributed by atoms with Gasteiger partial charge in [-0.05, 0) is 48.0 Å². The van der Waals surface area contributed by atoms with Crippen LogP contribution in [0.15, 0.2) is 16.6 Å². The van der Waals surface area contributed by atoms with Crippen molar-refractivity contribution in [2.24, 2.45) is 0 Å². The van der Waals surface area contributed by atoms with Crippen LogP contribution >= 0.6 is 27.5 Å². The van der Waals surface area contributed by atoms with E-state index in [4.69, 9.17) is 11.6 Å². The minimum absolute atomic E-state index is 0.00849. The Morgan fingerprint density at radius 3 is 2.65 bits per heavy atom. The molecule has 0 fully saturated rings. The van der Waals surface area contributed by atoms with E-state index < -0.39 is 21.1 Å². The first kappa shape index (κ1) is 17.7. The Morgan fingerprint density at radius 2 is 2.10 bits per heavy atom. The summed E-state index contributed by atoms with van der Waals surface area (Å²) in [6.45, 7) is 4.68. The van der Waals surface area contributed by atoms with Crippen molar-refractivity contribution >= 4 is 43.2 Å². The van der Waals surface area contributed by atoms with Crippen LogP contribution in [0.3, 0.4) is 0 Å². The van der Waals surface area contributed by atoms with Crippen LogP contribution in [0.5, 0.6) is 0 Å². The molecule has 1 aromatic rings. The summed E-state index contributed by atoms with van der Waals surface area (Å²) >= 11 is 8.96. The van der Waals surface area contributed by atoms with E-state index in [1.165, 1.54) is 0 Å². The van der Waals surface area contributed by atoms with Crippen LogP contribution in [0.2, 0.25) is 5.02 Å². The molecule has 114 valence electrons. The Kier molecular flexibility index (Phi) is 6.71. The second-order valence-electron chi connectivity index (χ2n) is 4.41. The minimum Gasteiger partial charge on any atom is -0.315 e. The maximum Gasteiger partial charge on any atom is 0.236 e. The highest BCUT2D eigenvalue weighted by Crippen LogP contribution is 2.32. The summed E-state index contributed by atoms with van der Waals surface area (Å²) in [6.07, 6.45) is 0.926. The molecule has 0 radical (unpaired) electrons. The third-order valence-corrected chi connectivity index (χ3v) is 5.28. The molecule has 0 heterocycles. The fourth-order valence-electron chi connectivity index (χ4n) is 1.47. The SMILES string of the molecule is CCCNCC(C)S(=O)(=O)Nc1c(Cl)cc(F)cc1Br. The zero-order valence-corrected chi connectivity index (χ0v) is 14.4. The lowest BCUT2D eigenvalue weighted by Crippen LogP contribution is -2.35. The van der Waals surface area contributed by atoms with Crippen molar-refractivity contribution in [1.82, 2.24) is 5.32 Å². The van der Waals surface area contributed by atoms with Gasteiger partial charge in [0.25, 0.3) is 0 Å². The molecule has 1 aromatic carbocycles. The van der Waals surface area contributed by atoms with E-state index in [9.17, 15) is 12.8 Å². The Morgan fingerprint density at radius 1 is 1.45 bits per heavy atom. The third kappa shape index (κ3) is 4.87. The summed E-state index contributed by atoms with van der Waals surface area (Å²) in [5, 5.41) is 2.41. The van der Waals surface area contributed by atoms with Gasteiger partial charge in [-0.2, -0.15) is 0 Å². The molecule has 0 amide bonds. The molecular formula is C12H17BrClFN2O2S. The van der Waals surface area contributed by atoms with Crippen molar-refractivity contribution in [2.45, 2.75) is 25.5 Å². The van der Waals surface area contributed by atoms with Crippen molar-refractivity contribution in [1.29, 1.82) is 0 Å². The molecule has 0 saturated carbocycles. The number of benzene rings is 1. The van der Waals surface area contributed by atoms with Crippen molar-refractivity contribution in [3.63, 3.8) is 0 Å². The summed E-state index contributed by atoms with van der Waals surface area (Å²) in [5.74, 6) is -0.539. The molecule has 0 aliphatic rings. The number of anilines is 1. The summed E-state index contributed by atoms with van der Waals surface area (Å²) in [6, 6.07) is 2.22. The lowest BCUT2D eigenvalue weighted by Gasteiger charge is -2.17. The van der Waals surface area contributed by atoms with Gasteiger partial charge < -0.3 is 5.32 Å². The molecule has 0 aromatic heterocycles. The molecule has 1 unspecified atom stereocenters. The van der Waals surface area contributed by atoms with Gasteiger partial charge in [0.15, 0.2) is 0 Å². The summed E-state index contributed by atoms with van der Waals surface area (Å²) in [5.41, 5.74) is 0.149. The van der Waals surface area contributed by atoms with E-state index in [-0.39, 0.29) is 15.2 Å². The van der Waals surface area contributed by atoms with Gasteiger partial charge in [-0.15, -0.1) is 0 Å². The first-order chi connectivity index (χ1) is 9.27. The van der Waals surface area contributed by atoms with E-state index in [1.807, 2.05) is 6.92 Å². The quantitative estimate of drug-likeness (QED) is 0.705. The van der Waals surface area contributed by atoms with Gasteiger partial charge in [0.1, 0.15) is 5.82 Å². The van der Waals surface area contributed by atoms with Crippen molar-refractivity contribution in [2.75, 3.05) is 17.8 Å². The van der Waals surface area contributed by atoms with Crippen LogP contribution in [0.4, 0.5) is 10.1 Å². The van der Waals surface area contributed by atoms with E-state index in [2.05, 4.69) is 26.0 Å². The Bertz CT molecular complexity index is 546. The van der Waals surface area contributed by atoms with Gasteiger partial charge in [-0.3, -0.25) is 4.72 Å². The summed E-state index contributed by atoms with van der Waals surface area (Å²) in [7, 11) is -3.60. The van der Waals surface area contributed by atoms with Crippen LogP contribution < -0.4 is 10.0 Å². The number of halogens is 3. The molecule has 20 heavy (non-hydrogen) atoms. The predicted molar refractivity (Wildman–Crippen MR) is 84.3 cm³/mol. The van der Waals surface area contributed by atoms with E-state index in [1.54, 1.807) is 6.92 Å².